The summed E-state index contributed by atoms with van der Waals surface area (Å²) in [5.74, 6) is 0.958. The van der Waals surface area contributed by atoms with Crippen molar-refractivity contribution in [3.8, 4) is 0 Å². The van der Waals surface area contributed by atoms with Crippen LogP contribution in [0.15, 0.2) is 24.4 Å². The number of para-hydroxylation sites is 1. The van der Waals surface area contributed by atoms with Gasteiger partial charge in [0.1, 0.15) is 0 Å². The number of benzene rings is 1. The molecule has 26 heavy (non-hydrogen) atoms. The van der Waals surface area contributed by atoms with Crippen molar-refractivity contribution in [1.29, 1.82) is 0 Å². The van der Waals surface area contributed by atoms with E-state index in [0.717, 1.165) is 0 Å². The maximum Gasteiger partial charge on any atom is 0.409 e. The number of carbonyl (C=O) groups excluding carboxylic acids is 1. The summed E-state index contributed by atoms with van der Waals surface area (Å²) in [7, 11) is 0. The van der Waals surface area contributed by atoms with Gasteiger partial charge in [-0.3, -0.25) is 0 Å². The van der Waals surface area contributed by atoms with Crippen LogP contribution in [0.4, 0.5) is 22.2 Å². The first-order chi connectivity index (χ1) is 12.6. The van der Waals surface area contributed by atoms with E-state index in [2.05, 4.69) is 20.5 Å². The number of piperazine rings is 1. The van der Waals surface area contributed by atoms with Gasteiger partial charge in [-0.25, -0.2) is 4.79 Å². The van der Waals surface area contributed by atoms with E-state index in [-0.39, 0.29) is 6.09 Å². The van der Waals surface area contributed by atoms with Crippen molar-refractivity contribution < 1.29 is 9.53 Å². The molecule has 0 saturated carbocycles. The van der Waals surface area contributed by atoms with E-state index < -0.39 is 0 Å². The molecule has 8 nitrogen and oxygen atoms in total. The Bertz CT molecular complexity index is 763. The fourth-order valence-corrected chi connectivity index (χ4v) is 3.05. The zero-order valence-corrected chi connectivity index (χ0v) is 15.7. The van der Waals surface area contributed by atoms with Gasteiger partial charge in [0.2, 0.25) is 5.95 Å². The normalized spacial score (nSPS) is 14.3. The molecule has 10 heteroatoms. The number of hydrogen-bond donors (Lipinski definition) is 1. The fourth-order valence-electron chi connectivity index (χ4n) is 2.56. The number of hydrogen-bond acceptors (Lipinski definition) is 7. The van der Waals surface area contributed by atoms with E-state index in [1.165, 1.54) is 0 Å². The van der Waals surface area contributed by atoms with Crippen LogP contribution >= 0.6 is 23.2 Å². The summed E-state index contributed by atoms with van der Waals surface area (Å²) < 4.78 is 5.03. The Hall–Kier alpha value is -2.32. The Kier molecular flexibility index (Phi) is 5.95. The van der Waals surface area contributed by atoms with Crippen molar-refractivity contribution >= 4 is 46.7 Å². The standard InChI is InChI=1S/C16H18Cl2N6O2/c1-2-26-16(25)24-8-6-23(7-9-24)13-10-19-22-15(20-13)21-14-11(17)4-3-5-12(14)18/h3-5,10H,2,6-9H2,1H3,(H,20,21,22). The summed E-state index contributed by atoms with van der Waals surface area (Å²) in [4.78, 5) is 20.0. The molecule has 2 aromatic rings. The highest BCUT2D eigenvalue weighted by Crippen LogP contribution is 2.31. The third-order valence-corrected chi connectivity index (χ3v) is 4.51. The molecular formula is C16H18Cl2N6O2. The van der Waals surface area contributed by atoms with E-state index in [0.29, 0.717) is 60.3 Å². The van der Waals surface area contributed by atoms with Crippen LogP contribution in [-0.4, -0.2) is 59.0 Å². The minimum absolute atomic E-state index is 0.288. The van der Waals surface area contributed by atoms with E-state index >= 15 is 0 Å². The molecule has 1 saturated heterocycles. The molecule has 1 aromatic heterocycles. The van der Waals surface area contributed by atoms with Gasteiger partial charge in [0, 0.05) is 26.2 Å². The lowest BCUT2D eigenvalue weighted by molar-refractivity contribution is 0.105. The molecule has 0 spiro atoms. The topological polar surface area (TPSA) is 83.5 Å². The molecule has 138 valence electrons. The van der Waals surface area contributed by atoms with Crippen molar-refractivity contribution in [3.05, 3.63) is 34.4 Å². The van der Waals surface area contributed by atoms with E-state index in [9.17, 15) is 4.79 Å². The third-order valence-electron chi connectivity index (χ3n) is 3.88. The van der Waals surface area contributed by atoms with E-state index in [1.54, 1.807) is 36.2 Å². The molecule has 1 N–H and O–H groups in total. The Labute approximate surface area is 161 Å². The average Bonchev–Trinajstić information content (AvgIpc) is 2.65. The van der Waals surface area contributed by atoms with Crippen LogP contribution in [0.1, 0.15) is 6.92 Å². The van der Waals surface area contributed by atoms with Gasteiger partial charge in [-0.2, -0.15) is 10.1 Å². The first-order valence-electron chi connectivity index (χ1n) is 8.16. The maximum absolute atomic E-state index is 11.8. The van der Waals surface area contributed by atoms with Crippen LogP contribution in [0.5, 0.6) is 0 Å². The molecule has 2 heterocycles. The zero-order chi connectivity index (χ0) is 18.5. The summed E-state index contributed by atoms with van der Waals surface area (Å²) in [5, 5.41) is 11.9. The lowest BCUT2D eigenvalue weighted by Crippen LogP contribution is -2.49. The van der Waals surface area contributed by atoms with Gasteiger partial charge >= 0.3 is 6.09 Å². The largest absolute Gasteiger partial charge is 0.450 e. The Morgan fingerprint density at radius 1 is 1.23 bits per heavy atom. The van der Waals surface area contributed by atoms with Crippen LogP contribution in [0.25, 0.3) is 0 Å². The monoisotopic (exact) mass is 396 g/mol. The van der Waals surface area contributed by atoms with Gasteiger partial charge in [0.25, 0.3) is 0 Å². The number of carbonyl (C=O) groups is 1. The molecule has 1 aliphatic rings. The highest BCUT2D eigenvalue weighted by molar-refractivity contribution is 6.39. The minimum Gasteiger partial charge on any atom is -0.450 e. The number of nitrogens with one attached hydrogen (secondary N) is 1. The lowest BCUT2D eigenvalue weighted by atomic mass is 10.3. The summed E-state index contributed by atoms with van der Waals surface area (Å²) >= 11 is 12.3. The predicted molar refractivity (Wildman–Crippen MR) is 100 cm³/mol. The number of ether oxygens (including phenoxy) is 1. The first kappa shape index (κ1) is 18.5. The van der Waals surface area contributed by atoms with E-state index in [1.807, 2.05) is 4.90 Å². The highest BCUT2D eigenvalue weighted by atomic mass is 35.5. The minimum atomic E-state index is -0.288. The van der Waals surface area contributed by atoms with Gasteiger partial charge in [0.15, 0.2) is 5.82 Å². The van der Waals surface area contributed by atoms with Crippen molar-refractivity contribution in [2.75, 3.05) is 43.0 Å². The Morgan fingerprint density at radius 2 is 1.92 bits per heavy atom. The second kappa shape index (κ2) is 8.37. The molecule has 0 bridgehead atoms. The number of rotatable bonds is 4. The number of anilines is 3. The highest BCUT2D eigenvalue weighted by Gasteiger charge is 2.23. The van der Waals surface area contributed by atoms with Crippen molar-refractivity contribution in [2.24, 2.45) is 0 Å². The second-order valence-corrected chi connectivity index (χ2v) is 6.35. The molecule has 1 aromatic carbocycles. The number of aromatic nitrogens is 3. The third kappa shape index (κ3) is 4.25. The molecule has 0 atom stereocenters. The zero-order valence-electron chi connectivity index (χ0n) is 14.2. The summed E-state index contributed by atoms with van der Waals surface area (Å²) in [5.41, 5.74) is 0.530. The van der Waals surface area contributed by atoms with Crippen LogP contribution < -0.4 is 10.2 Å². The molecule has 0 unspecified atom stereocenters. The maximum atomic E-state index is 11.8. The summed E-state index contributed by atoms with van der Waals surface area (Å²) in [6, 6.07) is 5.21. The number of halogens is 2. The van der Waals surface area contributed by atoms with Crippen molar-refractivity contribution in [1.82, 2.24) is 20.1 Å². The van der Waals surface area contributed by atoms with Crippen LogP contribution in [-0.2, 0) is 4.74 Å². The van der Waals surface area contributed by atoms with Gasteiger partial charge < -0.3 is 19.9 Å². The quantitative estimate of drug-likeness (QED) is 0.848. The van der Waals surface area contributed by atoms with Crippen LogP contribution in [0.3, 0.4) is 0 Å². The smallest absolute Gasteiger partial charge is 0.409 e. The summed E-state index contributed by atoms with van der Waals surface area (Å²) in [6.07, 6.45) is 1.29. The van der Waals surface area contributed by atoms with Crippen LogP contribution in [0.2, 0.25) is 10.0 Å². The molecule has 0 radical (unpaired) electrons. The number of amides is 1. The van der Waals surface area contributed by atoms with Crippen molar-refractivity contribution in [2.45, 2.75) is 6.92 Å². The Morgan fingerprint density at radius 3 is 2.58 bits per heavy atom. The fraction of sp³-hybridized carbons (Fsp3) is 0.375. The predicted octanol–water partition coefficient (Wildman–Crippen LogP) is 3.20. The SMILES string of the molecule is CCOC(=O)N1CCN(c2cnnc(Nc3c(Cl)cccc3Cl)n2)CC1. The van der Waals surface area contributed by atoms with Crippen LogP contribution in [0, 0.1) is 0 Å². The average molecular weight is 397 g/mol. The van der Waals surface area contributed by atoms with Gasteiger partial charge in [-0.05, 0) is 19.1 Å². The van der Waals surface area contributed by atoms with Gasteiger partial charge in [-0.15, -0.1) is 5.10 Å². The summed E-state index contributed by atoms with van der Waals surface area (Å²) in [6.45, 7) is 4.53. The second-order valence-electron chi connectivity index (χ2n) is 5.53. The molecule has 0 aliphatic carbocycles. The van der Waals surface area contributed by atoms with Gasteiger partial charge in [0.05, 0.1) is 28.5 Å². The molecular weight excluding hydrogens is 379 g/mol. The molecule has 1 fully saturated rings. The molecule has 1 amide bonds. The molecule has 1 aliphatic heterocycles. The number of nitrogens with zero attached hydrogens (tertiary/aromatic N) is 5. The van der Waals surface area contributed by atoms with Gasteiger partial charge in [-0.1, -0.05) is 29.3 Å². The van der Waals surface area contributed by atoms with E-state index in [4.69, 9.17) is 27.9 Å². The first-order valence-corrected chi connectivity index (χ1v) is 8.91. The molecule has 3 rings (SSSR count). The lowest BCUT2D eigenvalue weighted by Gasteiger charge is -2.34. The Balaban J connectivity index is 1.68. The van der Waals surface area contributed by atoms with Crippen molar-refractivity contribution in [3.63, 3.8) is 0 Å².